The number of aromatic nitrogens is 2. The predicted octanol–water partition coefficient (Wildman–Crippen LogP) is 5.97. The molecule has 3 aromatic heterocycles. The Balaban J connectivity index is 1.34. The number of hydrogen-bond acceptors (Lipinski definition) is 7. The van der Waals surface area contributed by atoms with E-state index in [1.165, 1.54) is 11.3 Å². The van der Waals surface area contributed by atoms with E-state index in [1.807, 2.05) is 24.3 Å². The van der Waals surface area contributed by atoms with Gasteiger partial charge in [0.05, 0.1) is 15.9 Å². The number of thiophene rings is 1. The highest BCUT2D eigenvalue weighted by Gasteiger charge is 2.36. The molecule has 0 radical (unpaired) electrons. The predicted molar refractivity (Wildman–Crippen MR) is 131 cm³/mol. The number of fused-ring (bicyclic) bond motifs is 3. The number of nitrogens with zero attached hydrogens (tertiary/aromatic N) is 2. The molecule has 0 spiro atoms. The van der Waals surface area contributed by atoms with Gasteiger partial charge in [-0.05, 0) is 31.2 Å². The fourth-order valence-electron chi connectivity index (χ4n) is 4.74. The highest BCUT2D eigenvalue weighted by Crippen LogP contribution is 2.48. The summed E-state index contributed by atoms with van der Waals surface area (Å²) in [5.41, 5.74) is 5.41. The third-order valence-corrected chi connectivity index (χ3v) is 8.03. The first kappa shape index (κ1) is 23.7. The van der Waals surface area contributed by atoms with Crippen LogP contribution in [0.5, 0.6) is 5.75 Å². The summed E-state index contributed by atoms with van der Waals surface area (Å²) in [5, 5.41) is 10.7. The Labute approximate surface area is 213 Å². The maximum Gasteiger partial charge on any atom is 0.403 e. The Morgan fingerprint density at radius 1 is 1.28 bits per heavy atom. The minimum atomic E-state index is -4.30. The lowest BCUT2D eigenvalue weighted by molar-refractivity contribution is -0.151. The molecule has 6 nitrogen and oxygen atoms in total. The van der Waals surface area contributed by atoms with Crippen molar-refractivity contribution < 1.29 is 22.4 Å². The third kappa shape index (κ3) is 4.26. The van der Waals surface area contributed by atoms with Crippen LogP contribution in [0.4, 0.5) is 13.2 Å². The number of benzene rings is 1. The Bertz CT molecular complexity index is 1450. The summed E-state index contributed by atoms with van der Waals surface area (Å²) in [5.74, 6) is 1.46. The second-order valence-corrected chi connectivity index (χ2v) is 10.7. The maximum absolute atomic E-state index is 12.9. The molecule has 0 saturated heterocycles. The van der Waals surface area contributed by atoms with Gasteiger partial charge in [0.1, 0.15) is 11.8 Å². The zero-order valence-corrected chi connectivity index (χ0v) is 20.8. The van der Waals surface area contributed by atoms with E-state index in [0.717, 1.165) is 68.9 Å². The molecule has 5 heterocycles. The molecule has 188 valence electrons. The number of ether oxygens (including phenoxy) is 1. The van der Waals surface area contributed by atoms with Gasteiger partial charge in [-0.3, -0.25) is 4.98 Å². The van der Waals surface area contributed by atoms with Gasteiger partial charge in [-0.15, -0.1) is 11.3 Å². The zero-order chi connectivity index (χ0) is 25.0. The van der Waals surface area contributed by atoms with Crippen molar-refractivity contribution in [2.24, 2.45) is 0 Å². The van der Waals surface area contributed by atoms with Gasteiger partial charge >= 0.3 is 6.18 Å². The molecule has 2 aliphatic heterocycles. The second-order valence-electron chi connectivity index (χ2n) is 9.08. The Hall–Kier alpha value is -2.66. The van der Waals surface area contributed by atoms with Gasteiger partial charge in [-0.2, -0.15) is 13.2 Å². The molecular formula is C25H22ClF3N4O2S. The van der Waals surface area contributed by atoms with Crippen LogP contribution in [0, 0.1) is 0 Å². The molecule has 6 rings (SSSR count). The monoisotopic (exact) mass is 534 g/mol. The summed E-state index contributed by atoms with van der Waals surface area (Å²) >= 11 is 7.93. The average molecular weight is 535 g/mol. The van der Waals surface area contributed by atoms with Crippen LogP contribution in [0.1, 0.15) is 40.5 Å². The van der Waals surface area contributed by atoms with E-state index in [-0.39, 0.29) is 12.6 Å². The van der Waals surface area contributed by atoms with Gasteiger partial charge in [0.15, 0.2) is 11.9 Å². The molecule has 0 aliphatic carbocycles. The SMILES string of the molecule is CC(NCc1cc2nccc(-c3cc(Cl)cc4c3OC(c3onc5c3CNCC5)C4)c2s1)C(F)(F)F. The highest BCUT2D eigenvalue weighted by atomic mass is 35.5. The van der Waals surface area contributed by atoms with Crippen molar-refractivity contribution in [3.8, 4) is 16.9 Å². The number of rotatable bonds is 5. The van der Waals surface area contributed by atoms with Gasteiger partial charge in [0.2, 0.25) is 0 Å². The third-order valence-electron chi connectivity index (χ3n) is 6.66. The molecule has 0 bridgehead atoms. The summed E-state index contributed by atoms with van der Waals surface area (Å²) in [6, 6.07) is 5.87. The summed E-state index contributed by atoms with van der Waals surface area (Å²) in [7, 11) is 0. The minimum absolute atomic E-state index is 0.0952. The molecule has 0 fully saturated rings. The lowest BCUT2D eigenvalue weighted by Crippen LogP contribution is -2.38. The zero-order valence-electron chi connectivity index (χ0n) is 19.2. The van der Waals surface area contributed by atoms with Gasteiger partial charge in [-0.1, -0.05) is 16.8 Å². The van der Waals surface area contributed by atoms with Crippen molar-refractivity contribution in [3.05, 3.63) is 62.9 Å². The van der Waals surface area contributed by atoms with Crippen molar-refractivity contribution in [3.63, 3.8) is 0 Å². The van der Waals surface area contributed by atoms with E-state index < -0.39 is 12.2 Å². The second kappa shape index (κ2) is 9.02. The molecule has 0 saturated carbocycles. The number of hydrogen-bond donors (Lipinski definition) is 2. The number of nitrogens with one attached hydrogen (secondary N) is 2. The Morgan fingerprint density at radius 3 is 2.97 bits per heavy atom. The molecular weight excluding hydrogens is 513 g/mol. The van der Waals surface area contributed by atoms with Gasteiger partial charge in [-0.25, -0.2) is 0 Å². The quantitative estimate of drug-likeness (QED) is 0.329. The first-order chi connectivity index (χ1) is 17.3. The topological polar surface area (TPSA) is 72.2 Å². The first-order valence-corrected chi connectivity index (χ1v) is 12.8. The molecule has 2 N–H and O–H groups in total. The Morgan fingerprint density at radius 2 is 2.14 bits per heavy atom. The highest BCUT2D eigenvalue weighted by molar-refractivity contribution is 7.19. The maximum atomic E-state index is 12.9. The largest absolute Gasteiger partial charge is 0.481 e. The minimum Gasteiger partial charge on any atom is -0.481 e. The van der Waals surface area contributed by atoms with Crippen molar-refractivity contribution in [1.29, 1.82) is 0 Å². The van der Waals surface area contributed by atoms with E-state index in [1.54, 1.807) is 6.20 Å². The van der Waals surface area contributed by atoms with Crippen molar-refractivity contribution >= 4 is 33.2 Å². The smallest absolute Gasteiger partial charge is 0.403 e. The molecule has 4 aromatic rings. The summed E-state index contributed by atoms with van der Waals surface area (Å²) in [4.78, 5) is 5.20. The lowest BCUT2D eigenvalue weighted by Gasteiger charge is -2.16. The molecule has 0 amide bonds. The van der Waals surface area contributed by atoms with Crippen LogP contribution >= 0.6 is 22.9 Å². The number of halogens is 4. The van der Waals surface area contributed by atoms with Crippen LogP contribution in [-0.2, 0) is 25.9 Å². The molecule has 2 aliphatic rings. The standard InChI is InChI=1S/C25H22ClF3N4O2S/c1-12(25(27,28)29)32-10-15-9-20-24(36-15)16(2-5-31-20)17-8-14(26)6-13-7-21(34-22(13)17)23-18-11-30-4-3-19(18)33-35-23/h2,5-6,8-9,12,21,30,32H,3-4,7,10-11H2,1H3. The lowest BCUT2D eigenvalue weighted by atomic mass is 9.99. The summed E-state index contributed by atoms with van der Waals surface area (Å²) in [6.07, 6.45) is -1.49. The van der Waals surface area contributed by atoms with Gasteiger partial charge in [0, 0.05) is 70.8 Å². The number of alkyl halides is 3. The molecule has 2 atom stereocenters. The van der Waals surface area contributed by atoms with E-state index in [0.29, 0.717) is 23.5 Å². The fraction of sp³-hybridized carbons (Fsp3) is 0.360. The van der Waals surface area contributed by atoms with Crippen molar-refractivity contribution in [1.82, 2.24) is 20.8 Å². The van der Waals surface area contributed by atoms with E-state index in [9.17, 15) is 13.2 Å². The average Bonchev–Trinajstić information content (AvgIpc) is 3.56. The summed E-state index contributed by atoms with van der Waals surface area (Å²) < 4.78 is 51.8. The number of pyridine rings is 1. The molecule has 2 unspecified atom stereocenters. The summed E-state index contributed by atoms with van der Waals surface area (Å²) in [6.45, 7) is 2.78. The van der Waals surface area contributed by atoms with Crippen LogP contribution in [0.25, 0.3) is 21.3 Å². The van der Waals surface area contributed by atoms with Crippen LogP contribution in [0.3, 0.4) is 0 Å². The van der Waals surface area contributed by atoms with Gasteiger partial charge < -0.3 is 19.9 Å². The van der Waals surface area contributed by atoms with Crippen molar-refractivity contribution in [2.45, 2.75) is 51.2 Å². The van der Waals surface area contributed by atoms with Crippen LogP contribution in [-0.4, -0.2) is 28.9 Å². The van der Waals surface area contributed by atoms with Crippen LogP contribution in [0.15, 0.2) is 35.0 Å². The normalized spacial score (nSPS) is 18.2. The van der Waals surface area contributed by atoms with Crippen LogP contribution in [0.2, 0.25) is 5.02 Å². The van der Waals surface area contributed by atoms with Crippen LogP contribution < -0.4 is 15.4 Å². The van der Waals surface area contributed by atoms with E-state index >= 15 is 0 Å². The fourth-order valence-corrected chi connectivity index (χ4v) is 6.08. The molecule has 11 heteroatoms. The van der Waals surface area contributed by atoms with E-state index in [4.69, 9.17) is 20.9 Å². The van der Waals surface area contributed by atoms with Gasteiger partial charge in [0.25, 0.3) is 0 Å². The Kier molecular flexibility index (Phi) is 5.94. The van der Waals surface area contributed by atoms with E-state index in [2.05, 4.69) is 20.8 Å². The van der Waals surface area contributed by atoms with Crippen molar-refractivity contribution in [2.75, 3.05) is 6.54 Å². The molecule has 36 heavy (non-hydrogen) atoms. The molecule has 1 aromatic carbocycles. The first-order valence-electron chi connectivity index (χ1n) is 11.6.